The number of aromatic amines is 2. The van der Waals surface area contributed by atoms with E-state index in [1.807, 2.05) is 11.8 Å². The van der Waals surface area contributed by atoms with Crippen LogP contribution in [0.5, 0.6) is 0 Å². The summed E-state index contributed by atoms with van der Waals surface area (Å²) < 4.78 is 0. The quantitative estimate of drug-likeness (QED) is 0.718. The fourth-order valence-electron chi connectivity index (χ4n) is 3.39. The first-order valence-corrected chi connectivity index (χ1v) is 7.24. The number of H-pyrrole nitrogens is 2. The van der Waals surface area contributed by atoms with Crippen LogP contribution in [0.4, 0.5) is 0 Å². The Morgan fingerprint density at radius 3 is 2.65 bits per heavy atom. The molecule has 0 aliphatic carbocycles. The summed E-state index contributed by atoms with van der Waals surface area (Å²) in [5.41, 5.74) is -0.0859. The van der Waals surface area contributed by atoms with Crippen LogP contribution in [0.3, 0.4) is 0 Å². The van der Waals surface area contributed by atoms with Gasteiger partial charge in [-0.05, 0) is 44.7 Å². The van der Waals surface area contributed by atoms with Gasteiger partial charge in [0.25, 0.3) is 0 Å². The molecule has 110 valence electrons. The number of hydrogen-bond donors (Lipinski definition) is 3. The molecule has 2 fully saturated rings. The zero-order valence-electron chi connectivity index (χ0n) is 11.7. The number of piperidine rings is 2. The van der Waals surface area contributed by atoms with Gasteiger partial charge in [-0.3, -0.25) is 9.78 Å². The summed E-state index contributed by atoms with van der Waals surface area (Å²) in [5.74, 6) is 0.694. The van der Waals surface area contributed by atoms with Crippen molar-refractivity contribution in [3.05, 3.63) is 16.3 Å². The van der Waals surface area contributed by atoms with Gasteiger partial charge in [0, 0.05) is 13.0 Å². The number of likely N-dealkylation sites (tertiary alicyclic amines) is 1. The Kier molecular flexibility index (Phi) is 3.37. The second-order valence-electron chi connectivity index (χ2n) is 6.01. The maximum Gasteiger partial charge on any atom is 0.340 e. The zero-order chi connectivity index (χ0) is 14.2. The molecule has 2 aliphatic rings. The Morgan fingerprint density at radius 1 is 1.25 bits per heavy atom. The number of nitrogens with zero attached hydrogens (tertiary/aromatic N) is 2. The minimum absolute atomic E-state index is 0.158. The Balaban J connectivity index is 1.79. The van der Waals surface area contributed by atoms with Crippen molar-refractivity contribution >= 4 is 5.91 Å². The van der Waals surface area contributed by atoms with E-state index in [1.165, 1.54) is 0 Å². The summed E-state index contributed by atoms with van der Waals surface area (Å²) in [6.45, 7) is 4.74. The van der Waals surface area contributed by atoms with Crippen LogP contribution in [0.1, 0.15) is 44.5 Å². The van der Waals surface area contributed by atoms with Crippen LogP contribution in [0.2, 0.25) is 0 Å². The molecule has 0 bridgehead atoms. The molecule has 1 spiro atoms. The van der Waals surface area contributed by atoms with E-state index in [9.17, 15) is 9.59 Å². The fourth-order valence-corrected chi connectivity index (χ4v) is 3.39. The zero-order valence-corrected chi connectivity index (χ0v) is 11.7. The van der Waals surface area contributed by atoms with E-state index in [0.29, 0.717) is 12.2 Å². The van der Waals surface area contributed by atoms with Gasteiger partial charge in [0.1, 0.15) is 0 Å². The van der Waals surface area contributed by atoms with Crippen molar-refractivity contribution in [1.82, 2.24) is 25.4 Å². The molecular formula is C13H21N5O2. The highest BCUT2D eigenvalue weighted by molar-refractivity contribution is 5.77. The van der Waals surface area contributed by atoms with Gasteiger partial charge in [-0.25, -0.2) is 9.89 Å². The second-order valence-corrected chi connectivity index (χ2v) is 6.01. The SMILES string of the molecule is CC(c1n[nH]c(=O)[nH]1)N1CC2(CCNCC2)CCC1=O. The molecule has 20 heavy (non-hydrogen) atoms. The Bertz CT molecular complexity index is 543. The summed E-state index contributed by atoms with van der Waals surface area (Å²) in [7, 11) is 0. The molecule has 0 saturated carbocycles. The predicted molar refractivity (Wildman–Crippen MR) is 73.1 cm³/mol. The van der Waals surface area contributed by atoms with Gasteiger partial charge in [0.2, 0.25) is 5.91 Å². The third kappa shape index (κ3) is 2.37. The topological polar surface area (TPSA) is 93.9 Å². The van der Waals surface area contributed by atoms with Crippen LogP contribution in [0, 0.1) is 5.41 Å². The largest absolute Gasteiger partial charge is 0.340 e. The van der Waals surface area contributed by atoms with E-state index in [1.54, 1.807) is 0 Å². The van der Waals surface area contributed by atoms with Crippen molar-refractivity contribution in [1.29, 1.82) is 0 Å². The van der Waals surface area contributed by atoms with E-state index in [2.05, 4.69) is 20.5 Å². The van der Waals surface area contributed by atoms with E-state index >= 15 is 0 Å². The molecular weight excluding hydrogens is 258 g/mol. The summed E-state index contributed by atoms with van der Waals surface area (Å²) in [4.78, 5) is 27.9. The van der Waals surface area contributed by atoms with Crippen LogP contribution in [0.15, 0.2) is 4.79 Å². The van der Waals surface area contributed by atoms with Gasteiger partial charge in [-0.15, -0.1) is 0 Å². The summed E-state index contributed by atoms with van der Waals surface area (Å²) in [6, 6.07) is -0.187. The summed E-state index contributed by atoms with van der Waals surface area (Å²) in [6.07, 6.45) is 3.80. The lowest BCUT2D eigenvalue weighted by Crippen LogP contribution is -2.51. The van der Waals surface area contributed by atoms with Crippen molar-refractivity contribution in [3.63, 3.8) is 0 Å². The molecule has 0 radical (unpaired) electrons. The minimum atomic E-state index is -0.326. The highest BCUT2D eigenvalue weighted by atomic mass is 16.2. The molecule has 3 N–H and O–H groups in total. The van der Waals surface area contributed by atoms with Crippen molar-refractivity contribution in [2.75, 3.05) is 19.6 Å². The number of carbonyl (C=O) groups is 1. The van der Waals surface area contributed by atoms with Crippen LogP contribution >= 0.6 is 0 Å². The molecule has 2 saturated heterocycles. The van der Waals surface area contributed by atoms with Gasteiger partial charge in [0.15, 0.2) is 5.82 Å². The smallest absolute Gasteiger partial charge is 0.332 e. The van der Waals surface area contributed by atoms with Gasteiger partial charge >= 0.3 is 5.69 Å². The number of amides is 1. The first-order chi connectivity index (χ1) is 9.60. The van der Waals surface area contributed by atoms with Gasteiger partial charge in [0.05, 0.1) is 6.04 Å². The minimum Gasteiger partial charge on any atom is -0.332 e. The van der Waals surface area contributed by atoms with Crippen molar-refractivity contribution in [2.45, 2.75) is 38.6 Å². The Hall–Kier alpha value is -1.63. The number of nitrogens with one attached hydrogen (secondary N) is 3. The van der Waals surface area contributed by atoms with E-state index in [0.717, 1.165) is 38.9 Å². The maximum absolute atomic E-state index is 12.2. The van der Waals surface area contributed by atoms with E-state index in [-0.39, 0.29) is 23.1 Å². The first kappa shape index (κ1) is 13.4. The molecule has 0 aromatic carbocycles. The molecule has 3 heterocycles. The third-order valence-electron chi connectivity index (χ3n) is 4.74. The van der Waals surface area contributed by atoms with Crippen LogP contribution in [-0.4, -0.2) is 45.6 Å². The molecule has 3 rings (SSSR count). The predicted octanol–water partition coefficient (Wildman–Crippen LogP) is 0.151. The molecule has 1 unspecified atom stereocenters. The Morgan fingerprint density at radius 2 is 2.00 bits per heavy atom. The number of carbonyl (C=O) groups excluding carboxylic acids is 1. The molecule has 7 nitrogen and oxygen atoms in total. The molecule has 1 aromatic heterocycles. The van der Waals surface area contributed by atoms with E-state index in [4.69, 9.17) is 0 Å². The highest BCUT2D eigenvalue weighted by Gasteiger charge is 2.41. The monoisotopic (exact) mass is 279 g/mol. The normalized spacial score (nSPS) is 24.1. The van der Waals surface area contributed by atoms with Crippen molar-refractivity contribution in [2.24, 2.45) is 5.41 Å². The van der Waals surface area contributed by atoms with Crippen molar-refractivity contribution < 1.29 is 4.79 Å². The maximum atomic E-state index is 12.2. The lowest BCUT2D eigenvalue weighted by Gasteiger charge is -2.46. The average molecular weight is 279 g/mol. The van der Waals surface area contributed by atoms with Crippen LogP contribution in [0.25, 0.3) is 0 Å². The standard InChI is InChI=1S/C13H21N5O2/c1-9(11-15-12(20)17-16-11)18-8-13(3-2-10(18)19)4-6-14-7-5-13/h9,14H,2-8H2,1H3,(H2,15,16,17,20). The molecule has 7 heteroatoms. The van der Waals surface area contributed by atoms with Crippen LogP contribution in [-0.2, 0) is 4.79 Å². The number of rotatable bonds is 2. The summed E-state index contributed by atoms with van der Waals surface area (Å²) >= 11 is 0. The lowest BCUT2D eigenvalue weighted by molar-refractivity contribution is -0.141. The molecule has 1 amide bonds. The Labute approximate surface area is 117 Å². The number of hydrogen-bond acceptors (Lipinski definition) is 4. The van der Waals surface area contributed by atoms with Gasteiger partial charge in [-0.2, -0.15) is 5.10 Å². The highest BCUT2D eigenvalue weighted by Crippen LogP contribution is 2.40. The van der Waals surface area contributed by atoms with Crippen LogP contribution < -0.4 is 11.0 Å². The first-order valence-electron chi connectivity index (χ1n) is 7.24. The second kappa shape index (κ2) is 5.05. The molecule has 1 atom stereocenters. The van der Waals surface area contributed by atoms with Gasteiger partial charge < -0.3 is 10.2 Å². The van der Waals surface area contributed by atoms with E-state index < -0.39 is 0 Å². The third-order valence-corrected chi connectivity index (χ3v) is 4.74. The average Bonchev–Trinajstić information content (AvgIpc) is 2.89. The fraction of sp³-hybridized carbons (Fsp3) is 0.769. The molecule has 2 aliphatic heterocycles. The summed E-state index contributed by atoms with van der Waals surface area (Å²) in [5, 5.41) is 9.70. The molecule has 1 aromatic rings. The lowest BCUT2D eigenvalue weighted by atomic mass is 9.72. The van der Waals surface area contributed by atoms with Crippen molar-refractivity contribution in [3.8, 4) is 0 Å². The van der Waals surface area contributed by atoms with Gasteiger partial charge in [-0.1, -0.05) is 0 Å². The number of aromatic nitrogens is 3.